The van der Waals surface area contributed by atoms with Crippen LogP contribution in [0.25, 0.3) is 0 Å². The first-order valence-corrected chi connectivity index (χ1v) is 12.5. The second-order valence-corrected chi connectivity index (χ2v) is 10.3. The molecule has 4 rings (SSSR count). The highest BCUT2D eigenvalue weighted by Crippen LogP contribution is 2.26. The minimum Gasteiger partial charge on any atom is -0.468 e. The Balaban J connectivity index is 1.43. The van der Waals surface area contributed by atoms with E-state index >= 15 is 0 Å². The van der Waals surface area contributed by atoms with E-state index in [0.29, 0.717) is 17.8 Å². The van der Waals surface area contributed by atoms with Crippen LogP contribution in [-0.2, 0) is 10.0 Å². The molecule has 2 heterocycles. The van der Waals surface area contributed by atoms with Gasteiger partial charge in [-0.15, -0.1) is 0 Å². The van der Waals surface area contributed by atoms with Gasteiger partial charge < -0.3 is 9.73 Å². The Morgan fingerprint density at radius 1 is 1.06 bits per heavy atom. The molecule has 1 atom stereocenters. The molecule has 174 valence electrons. The lowest BCUT2D eigenvalue weighted by Crippen LogP contribution is -2.36. The number of hydrogen-bond donors (Lipinski definition) is 1. The summed E-state index contributed by atoms with van der Waals surface area (Å²) in [6.07, 6.45) is 3.94. The van der Waals surface area contributed by atoms with Gasteiger partial charge in [0.25, 0.3) is 15.9 Å². The van der Waals surface area contributed by atoms with Gasteiger partial charge in [-0.2, -0.15) is 0 Å². The molecule has 33 heavy (non-hydrogen) atoms. The largest absolute Gasteiger partial charge is 0.468 e. The smallest absolute Gasteiger partial charge is 0.264 e. The number of rotatable bonds is 8. The van der Waals surface area contributed by atoms with E-state index < -0.39 is 10.0 Å². The third-order valence-corrected chi connectivity index (χ3v) is 7.88. The molecule has 0 saturated carbocycles. The Morgan fingerprint density at radius 2 is 1.73 bits per heavy atom. The summed E-state index contributed by atoms with van der Waals surface area (Å²) >= 11 is 0. The third kappa shape index (κ3) is 5.12. The number of carbonyl (C=O) groups excluding carboxylic acids is 1. The molecule has 1 N–H and O–H groups in total. The Labute approximate surface area is 195 Å². The number of sulfonamides is 1. The number of benzene rings is 2. The van der Waals surface area contributed by atoms with E-state index in [1.54, 1.807) is 54.8 Å². The molecule has 1 amide bonds. The molecule has 1 aliphatic rings. The molecular weight excluding hydrogens is 438 g/mol. The van der Waals surface area contributed by atoms with Crippen LogP contribution in [0.4, 0.5) is 5.69 Å². The Bertz CT molecular complexity index is 1170. The van der Waals surface area contributed by atoms with E-state index in [1.165, 1.54) is 11.4 Å². The van der Waals surface area contributed by atoms with Gasteiger partial charge in [0.1, 0.15) is 5.76 Å². The summed E-state index contributed by atoms with van der Waals surface area (Å²) in [5.41, 5.74) is 1.95. The van der Waals surface area contributed by atoms with Crippen LogP contribution in [-0.4, -0.2) is 45.9 Å². The van der Waals surface area contributed by atoms with Crippen molar-refractivity contribution in [2.45, 2.75) is 30.7 Å². The normalized spacial score (nSPS) is 15.3. The lowest BCUT2D eigenvalue weighted by Gasteiger charge is -2.26. The number of aryl methyl sites for hydroxylation is 1. The summed E-state index contributed by atoms with van der Waals surface area (Å²) in [6.45, 7) is 4.32. The van der Waals surface area contributed by atoms with Crippen molar-refractivity contribution in [2.75, 3.05) is 31.0 Å². The molecule has 1 saturated heterocycles. The molecule has 1 aliphatic heterocycles. The van der Waals surface area contributed by atoms with Crippen molar-refractivity contribution in [3.05, 3.63) is 83.8 Å². The van der Waals surface area contributed by atoms with Gasteiger partial charge in [0.15, 0.2) is 0 Å². The van der Waals surface area contributed by atoms with Crippen molar-refractivity contribution in [2.24, 2.45) is 0 Å². The van der Waals surface area contributed by atoms with Crippen LogP contribution >= 0.6 is 0 Å². The van der Waals surface area contributed by atoms with Crippen molar-refractivity contribution in [3.63, 3.8) is 0 Å². The van der Waals surface area contributed by atoms with Crippen LogP contribution in [0, 0.1) is 6.92 Å². The first-order chi connectivity index (χ1) is 15.9. The third-order valence-electron chi connectivity index (χ3n) is 6.08. The highest BCUT2D eigenvalue weighted by Gasteiger charge is 2.26. The van der Waals surface area contributed by atoms with Gasteiger partial charge in [0.05, 0.1) is 22.9 Å². The van der Waals surface area contributed by atoms with E-state index in [9.17, 15) is 13.2 Å². The van der Waals surface area contributed by atoms with E-state index in [-0.39, 0.29) is 16.8 Å². The van der Waals surface area contributed by atoms with Crippen LogP contribution in [0.1, 0.15) is 40.6 Å². The number of furan rings is 1. The van der Waals surface area contributed by atoms with Gasteiger partial charge in [-0.1, -0.05) is 17.7 Å². The fraction of sp³-hybridized carbons (Fsp3) is 0.320. The molecule has 0 bridgehead atoms. The van der Waals surface area contributed by atoms with Crippen LogP contribution in [0.3, 0.4) is 0 Å². The molecule has 2 aromatic carbocycles. The number of anilines is 1. The van der Waals surface area contributed by atoms with E-state index in [0.717, 1.165) is 37.3 Å². The molecule has 3 aromatic rings. The Morgan fingerprint density at radius 3 is 2.33 bits per heavy atom. The van der Waals surface area contributed by atoms with E-state index in [4.69, 9.17) is 4.42 Å². The second kappa shape index (κ2) is 9.80. The van der Waals surface area contributed by atoms with E-state index in [1.807, 2.05) is 19.1 Å². The molecule has 0 spiro atoms. The predicted molar refractivity (Wildman–Crippen MR) is 128 cm³/mol. The van der Waals surface area contributed by atoms with Crippen LogP contribution in [0.2, 0.25) is 0 Å². The second-order valence-electron chi connectivity index (χ2n) is 8.32. The number of carbonyl (C=O) groups is 1. The minimum atomic E-state index is -3.68. The number of nitrogens with one attached hydrogen (secondary N) is 1. The summed E-state index contributed by atoms with van der Waals surface area (Å²) < 4.78 is 32.7. The predicted octanol–water partition coefficient (Wildman–Crippen LogP) is 3.98. The minimum absolute atomic E-state index is 0.00323. The number of hydrogen-bond acceptors (Lipinski definition) is 5. The zero-order valence-corrected chi connectivity index (χ0v) is 19.7. The van der Waals surface area contributed by atoms with Gasteiger partial charge in [-0.05, 0) is 81.4 Å². The molecular formula is C25H29N3O4S. The average Bonchev–Trinajstić information content (AvgIpc) is 3.54. The van der Waals surface area contributed by atoms with Crippen molar-refractivity contribution >= 4 is 21.6 Å². The molecule has 1 fully saturated rings. The summed E-state index contributed by atoms with van der Waals surface area (Å²) in [4.78, 5) is 15.3. The van der Waals surface area contributed by atoms with Gasteiger partial charge in [0, 0.05) is 19.2 Å². The summed E-state index contributed by atoms with van der Waals surface area (Å²) in [5.74, 6) is 0.636. The van der Waals surface area contributed by atoms with Crippen LogP contribution in [0.5, 0.6) is 0 Å². The highest BCUT2D eigenvalue weighted by atomic mass is 32.2. The molecule has 0 aliphatic carbocycles. The van der Waals surface area contributed by atoms with Crippen molar-refractivity contribution in [1.29, 1.82) is 0 Å². The SMILES string of the molecule is Cc1ccc(S(=O)(=O)N(C)c2ccc(C(=O)NCC(c3ccco3)N3CCCC3)cc2)cc1. The van der Waals surface area contributed by atoms with E-state index in [2.05, 4.69) is 10.2 Å². The molecule has 8 heteroatoms. The Hall–Kier alpha value is -3.10. The van der Waals surface area contributed by atoms with Gasteiger partial charge >= 0.3 is 0 Å². The Kier molecular flexibility index (Phi) is 6.85. The lowest BCUT2D eigenvalue weighted by atomic mass is 10.1. The van der Waals surface area contributed by atoms with Gasteiger partial charge in [-0.25, -0.2) is 8.42 Å². The first-order valence-electron chi connectivity index (χ1n) is 11.1. The first kappa shape index (κ1) is 23.1. The van der Waals surface area contributed by atoms with Crippen LogP contribution < -0.4 is 9.62 Å². The fourth-order valence-electron chi connectivity index (χ4n) is 4.07. The monoisotopic (exact) mass is 467 g/mol. The fourth-order valence-corrected chi connectivity index (χ4v) is 5.26. The van der Waals surface area contributed by atoms with Gasteiger partial charge in [0.2, 0.25) is 0 Å². The standard InChI is InChI=1S/C25H29N3O4S/c1-19-7-13-22(14-8-19)33(30,31)27(2)21-11-9-20(10-12-21)25(29)26-18-23(24-6-5-17-32-24)28-15-3-4-16-28/h5-14,17,23H,3-4,15-16,18H2,1-2H3,(H,26,29). The zero-order chi connectivity index (χ0) is 23.4. The van der Waals surface area contributed by atoms with Gasteiger partial charge in [-0.3, -0.25) is 14.0 Å². The van der Waals surface area contributed by atoms with Crippen molar-refractivity contribution in [3.8, 4) is 0 Å². The lowest BCUT2D eigenvalue weighted by molar-refractivity contribution is 0.0934. The number of amides is 1. The number of nitrogens with zero attached hydrogens (tertiary/aromatic N) is 2. The summed E-state index contributed by atoms with van der Waals surface area (Å²) in [5, 5.41) is 3.00. The van der Waals surface area contributed by atoms with Crippen LogP contribution in [0.15, 0.2) is 76.2 Å². The summed E-state index contributed by atoms with van der Waals surface area (Å²) in [6, 6.07) is 17.1. The maximum atomic E-state index is 12.9. The highest BCUT2D eigenvalue weighted by molar-refractivity contribution is 7.92. The average molecular weight is 468 g/mol. The zero-order valence-electron chi connectivity index (χ0n) is 18.9. The molecule has 7 nitrogen and oxygen atoms in total. The van der Waals surface area contributed by atoms with Crippen molar-refractivity contribution < 1.29 is 17.6 Å². The topological polar surface area (TPSA) is 82.9 Å². The molecule has 1 aromatic heterocycles. The molecule has 0 radical (unpaired) electrons. The maximum absolute atomic E-state index is 12.9. The summed E-state index contributed by atoms with van der Waals surface area (Å²) in [7, 11) is -2.17. The van der Waals surface area contributed by atoms with Crippen molar-refractivity contribution in [1.82, 2.24) is 10.2 Å². The quantitative estimate of drug-likeness (QED) is 0.542. The maximum Gasteiger partial charge on any atom is 0.264 e. The molecule has 1 unspecified atom stereocenters. The number of likely N-dealkylation sites (tertiary alicyclic amines) is 1.